The minimum atomic E-state index is -1.04. The number of carbonyl (C=O) groups is 2. The van der Waals surface area contributed by atoms with Gasteiger partial charge in [0, 0.05) is 29.5 Å². The lowest BCUT2D eigenvalue weighted by Gasteiger charge is -2.39. The van der Waals surface area contributed by atoms with Crippen molar-refractivity contribution < 1.29 is 14.7 Å². The van der Waals surface area contributed by atoms with Crippen LogP contribution in [0.4, 0.5) is 0 Å². The Morgan fingerprint density at radius 1 is 1.29 bits per heavy atom. The van der Waals surface area contributed by atoms with Crippen molar-refractivity contribution in [2.45, 2.75) is 40.0 Å². The predicted octanol–water partition coefficient (Wildman–Crippen LogP) is 3.64. The van der Waals surface area contributed by atoms with Crippen LogP contribution < -0.4 is 0 Å². The lowest BCUT2D eigenvalue weighted by Crippen LogP contribution is -2.34. The number of amides is 1. The van der Waals surface area contributed by atoms with Gasteiger partial charge in [-0.15, -0.1) is 0 Å². The molecule has 0 aromatic rings. The summed E-state index contributed by atoms with van der Waals surface area (Å²) in [5.74, 6) is -1.26. The molecule has 0 fully saturated rings. The van der Waals surface area contributed by atoms with Gasteiger partial charge >= 0.3 is 5.97 Å². The van der Waals surface area contributed by atoms with Crippen molar-refractivity contribution in [2.24, 2.45) is 5.41 Å². The van der Waals surface area contributed by atoms with Crippen molar-refractivity contribution in [3.8, 4) is 0 Å². The van der Waals surface area contributed by atoms with Crippen molar-refractivity contribution >= 4 is 11.9 Å². The van der Waals surface area contributed by atoms with Gasteiger partial charge in [0.2, 0.25) is 0 Å². The van der Waals surface area contributed by atoms with Crippen LogP contribution in [0.5, 0.6) is 0 Å². The smallest absolute Gasteiger partial charge is 0.328 e. The molecule has 0 aromatic heterocycles. The first kappa shape index (κ1) is 17.0. The zero-order valence-electron chi connectivity index (χ0n) is 12.9. The van der Waals surface area contributed by atoms with Crippen molar-refractivity contribution in [2.75, 3.05) is 0 Å². The summed E-state index contributed by atoms with van der Waals surface area (Å²) in [5, 5.41) is 8.50. The highest BCUT2D eigenvalue weighted by Crippen LogP contribution is 2.42. The van der Waals surface area contributed by atoms with E-state index in [0.717, 1.165) is 31.0 Å². The number of hydrogen-bond donors (Lipinski definition) is 1. The number of rotatable bonds is 5. The zero-order valence-corrected chi connectivity index (χ0v) is 12.9. The summed E-state index contributed by atoms with van der Waals surface area (Å²) < 4.78 is 0. The number of aliphatic carboxylic acids is 1. The van der Waals surface area contributed by atoms with Gasteiger partial charge in [0.15, 0.2) is 0 Å². The van der Waals surface area contributed by atoms with Gasteiger partial charge in [-0.1, -0.05) is 38.2 Å². The molecular formula is C17H23NO3. The second-order valence-corrected chi connectivity index (χ2v) is 5.81. The van der Waals surface area contributed by atoms with Crippen LogP contribution in [0, 0.1) is 5.41 Å². The summed E-state index contributed by atoms with van der Waals surface area (Å²) >= 11 is 0. The molecule has 1 amide bonds. The lowest BCUT2D eigenvalue weighted by atomic mass is 9.76. The summed E-state index contributed by atoms with van der Waals surface area (Å²) in [6, 6.07) is 0. The molecule has 0 saturated carbocycles. The van der Waals surface area contributed by atoms with Crippen molar-refractivity contribution in [3.05, 3.63) is 48.4 Å². The van der Waals surface area contributed by atoms with Gasteiger partial charge in [0.1, 0.15) is 0 Å². The second kappa shape index (κ2) is 7.07. The molecule has 0 aliphatic heterocycles. The highest BCUT2D eigenvalue weighted by Gasteiger charge is 2.33. The monoisotopic (exact) mass is 289 g/mol. The van der Waals surface area contributed by atoms with Gasteiger partial charge in [-0.05, 0) is 26.2 Å². The number of hydrogen-bond acceptors (Lipinski definition) is 2. The van der Waals surface area contributed by atoms with Crippen LogP contribution in [-0.2, 0) is 9.59 Å². The molecule has 114 valence electrons. The molecule has 0 spiro atoms. The molecule has 0 heterocycles. The van der Waals surface area contributed by atoms with Crippen LogP contribution in [0.2, 0.25) is 0 Å². The second-order valence-electron chi connectivity index (χ2n) is 5.81. The van der Waals surface area contributed by atoms with E-state index in [1.807, 2.05) is 6.92 Å². The number of carboxylic acids is 1. The van der Waals surface area contributed by atoms with E-state index in [2.05, 4.69) is 20.4 Å². The first-order chi connectivity index (χ1) is 9.79. The maximum Gasteiger partial charge on any atom is 0.328 e. The molecule has 0 unspecified atom stereocenters. The fraction of sp³-hybridized carbons (Fsp3) is 0.412. The molecule has 4 heteroatoms. The van der Waals surface area contributed by atoms with Crippen LogP contribution in [0.3, 0.4) is 0 Å². The van der Waals surface area contributed by atoms with Gasteiger partial charge in [0.05, 0.1) is 0 Å². The lowest BCUT2D eigenvalue weighted by molar-refractivity contribution is -0.131. The van der Waals surface area contributed by atoms with Gasteiger partial charge in [-0.25, -0.2) is 4.79 Å². The molecule has 1 aliphatic rings. The Hall–Kier alpha value is -2.10. The van der Waals surface area contributed by atoms with E-state index in [0.29, 0.717) is 0 Å². The summed E-state index contributed by atoms with van der Waals surface area (Å²) in [6.07, 6.45) is 9.76. The third-order valence-electron chi connectivity index (χ3n) is 3.65. The highest BCUT2D eigenvalue weighted by molar-refractivity contribution is 5.90. The van der Waals surface area contributed by atoms with Gasteiger partial charge in [-0.3, -0.25) is 9.69 Å². The molecule has 1 N–H and O–H groups in total. The van der Waals surface area contributed by atoms with Crippen LogP contribution in [-0.4, -0.2) is 21.9 Å². The zero-order chi connectivity index (χ0) is 16.0. The maximum absolute atomic E-state index is 12.3. The third-order valence-corrected chi connectivity index (χ3v) is 3.65. The number of allylic oxidation sites excluding steroid dienone is 4. The van der Waals surface area contributed by atoms with Gasteiger partial charge in [0.25, 0.3) is 5.91 Å². The quantitative estimate of drug-likeness (QED) is 0.621. The Morgan fingerprint density at radius 2 is 1.90 bits per heavy atom. The van der Waals surface area contributed by atoms with E-state index in [4.69, 9.17) is 5.11 Å². The molecule has 1 aliphatic carbocycles. The SMILES string of the molecule is C=CN(C(=O)/C=C/C=C/C(=O)O)C1=C(C)CCCC1(C)C. The molecular weight excluding hydrogens is 266 g/mol. The molecule has 4 nitrogen and oxygen atoms in total. The molecule has 0 saturated heterocycles. The van der Waals surface area contributed by atoms with E-state index in [1.165, 1.54) is 30.0 Å². The Bertz CT molecular complexity index is 524. The molecule has 21 heavy (non-hydrogen) atoms. The summed E-state index contributed by atoms with van der Waals surface area (Å²) in [7, 11) is 0. The fourth-order valence-corrected chi connectivity index (χ4v) is 2.79. The Kier molecular flexibility index (Phi) is 5.70. The van der Waals surface area contributed by atoms with Crippen LogP contribution in [0.15, 0.2) is 48.4 Å². The summed E-state index contributed by atoms with van der Waals surface area (Å²) in [6.45, 7) is 10.0. The highest BCUT2D eigenvalue weighted by atomic mass is 16.4. The van der Waals surface area contributed by atoms with Crippen LogP contribution in [0.1, 0.15) is 40.0 Å². The minimum absolute atomic E-state index is 0.0725. The van der Waals surface area contributed by atoms with Gasteiger partial charge in [-0.2, -0.15) is 0 Å². The normalized spacial score (nSPS) is 18.2. The molecule has 0 aromatic carbocycles. The summed E-state index contributed by atoms with van der Waals surface area (Å²) in [4.78, 5) is 24.2. The molecule has 0 atom stereocenters. The van der Waals surface area contributed by atoms with E-state index >= 15 is 0 Å². The number of nitrogens with zero attached hydrogens (tertiary/aromatic N) is 1. The van der Waals surface area contributed by atoms with E-state index in [9.17, 15) is 9.59 Å². The van der Waals surface area contributed by atoms with E-state index < -0.39 is 5.97 Å². The topological polar surface area (TPSA) is 57.6 Å². The van der Waals surface area contributed by atoms with E-state index in [1.54, 1.807) is 4.90 Å². The van der Waals surface area contributed by atoms with Crippen molar-refractivity contribution in [1.82, 2.24) is 4.90 Å². The number of carbonyl (C=O) groups excluding carboxylic acids is 1. The van der Waals surface area contributed by atoms with Gasteiger partial charge < -0.3 is 5.11 Å². The number of carboxylic acid groups (broad SMARTS) is 1. The molecule has 0 radical (unpaired) electrons. The van der Waals surface area contributed by atoms with Crippen molar-refractivity contribution in [3.63, 3.8) is 0 Å². The molecule has 1 rings (SSSR count). The first-order valence-electron chi connectivity index (χ1n) is 7.03. The fourth-order valence-electron chi connectivity index (χ4n) is 2.79. The average molecular weight is 289 g/mol. The van der Waals surface area contributed by atoms with E-state index in [-0.39, 0.29) is 11.3 Å². The Morgan fingerprint density at radius 3 is 2.43 bits per heavy atom. The summed E-state index contributed by atoms with van der Waals surface area (Å²) in [5.41, 5.74) is 2.13. The molecule has 0 bridgehead atoms. The first-order valence-corrected chi connectivity index (χ1v) is 7.03. The Labute approximate surface area is 126 Å². The van der Waals surface area contributed by atoms with Crippen LogP contribution >= 0.6 is 0 Å². The van der Waals surface area contributed by atoms with Crippen LogP contribution in [0.25, 0.3) is 0 Å². The average Bonchev–Trinajstić information content (AvgIpc) is 2.38. The standard InChI is InChI=1S/C17H23NO3/c1-5-18(14(19)10-6-7-11-15(20)21)16-13(2)9-8-12-17(16,3)4/h5-7,10-11H,1,8-9,12H2,2-4H3,(H,20,21)/b10-6+,11-7+. The third kappa shape index (κ3) is 4.45. The maximum atomic E-state index is 12.3. The Balaban J connectivity index is 2.99. The minimum Gasteiger partial charge on any atom is -0.478 e. The largest absolute Gasteiger partial charge is 0.478 e. The van der Waals surface area contributed by atoms with Crippen molar-refractivity contribution in [1.29, 1.82) is 0 Å². The predicted molar refractivity (Wildman–Crippen MR) is 83.3 cm³/mol.